The SMILES string of the molecule is [2H]c1cc([2H])c2sc3c(-c4cccc(-c5nc(-c6ccc7ccccc7c6)nc(-c6ccc7ccccc7c6)n5)c4-n4c5ccccc5c5ccccc54)c([2H])c([2H])c([2H])c3c2c1[2H]. The number of thiophene rings is 1. The molecule has 0 saturated carbocycles. The zero-order chi connectivity index (χ0) is 43.4. The van der Waals surface area contributed by atoms with Crippen molar-refractivity contribution in [2.24, 2.45) is 0 Å². The number of benzene rings is 9. The van der Waals surface area contributed by atoms with Gasteiger partial charge in [-0.1, -0.05) is 158 Å². The summed E-state index contributed by atoms with van der Waals surface area (Å²) in [4.78, 5) is 15.8. The van der Waals surface area contributed by atoms with Crippen LogP contribution < -0.4 is 0 Å². The van der Waals surface area contributed by atoms with E-state index in [1.165, 1.54) is 17.4 Å². The maximum atomic E-state index is 9.64. The van der Waals surface area contributed by atoms with Crippen molar-refractivity contribution in [2.75, 3.05) is 0 Å². The summed E-state index contributed by atoms with van der Waals surface area (Å²) in [5.41, 5.74) is 5.70. The molecule has 0 aliphatic carbocycles. The van der Waals surface area contributed by atoms with Gasteiger partial charge in [-0.25, -0.2) is 15.0 Å². The molecule has 0 N–H and O–H groups in total. The highest BCUT2D eigenvalue weighted by atomic mass is 32.1. The monoisotopic (exact) mass is 762 g/mol. The Kier molecular flexibility index (Phi) is 6.12. The number of para-hydroxylation sites is 3. The summed E-state index contributed by atoms with van der Waals surface area (Å²) in [6.07, 6.45) is 0. The standard InChI is InChI=1S/C53H32N4S/c1-3-15-35-31-37(29-27-33(35)13-1)51-54-52(38-30-28-34-14-2-4-16-36(34)32-38)56-53(55-51)45-23-11-20-42(44-22-12-21-43-41-19-7-10-26-48(41)58-50(43)44)49(45)57-46-24-8-5-17-39(46)40-18-6-9-25-47(40)57/h1-32H/i7D,12D,19D,21D,22D,26D. The molecule has 0 unspecified atom stereocenters. The summed E-state index contributed by atoms with van der Waals surface area (Å²) in [5.74, 6) is 1.35. The molecule has 3 heterocycles. The molecule has 58 heavy (non-hydrogen) atoms. The van der Waals surface area contributed by atoms with Crippen LogP contribution in [0.4, 0.5) is 0 Å². The van der Waals surface area contributed by atoms with Gasteiger partial charge in [-0.2, -0.15) is 0 Å². The molecular formula is C53H32N4S. The van der Waals surface area contributed by atoms with E-state index in [1.807, 2.05) is 78.9 Å². The third kappa shape index (κ3) is 5.18. The Labute approximate surface area is 346 Å². The Balaban J connectivity index is 1.23. The first-order valence-electron chi connectivity index (χ1n) is 22.0. The highest BCUT2D eigenvalue weighted by molar-refractivity contribution is 7.26. The molecule has 0 saturated heterocycles. The van der Waals surface area contributed by atoms with Crippen LogP contribution in [0, 0.1) is 0 Å². The van der Waals surface area contributed by atoms with E-state index < -0.39 is 0 Å². The summed E-state index contributed by atoms with van der Waals surface area (Å²) in [6, 6.07) is 51.4. The molecule has 3 aromatic heterocycles. The van der Waals surface area contributed by atoms with Crippen molar-refractivity contribution in [2.45, 2.75) is 0 Å². The summed E-state index contributed by atoms with van der Waals surface area (Å²) < 4.78 is 57.5. The van der Waals surface area contributed by atoms with E-state index in [-0.39, 0.29) is 41.6 Å². The number of rotatable bonds is 5. The summed E-state index contributed by atoms with van der Waals surface area (Å²) in [5, 5.41) is 6.89. The van der Waals surface area contributed by atoms with Crippen LogP contribution >= 0.6 is 11.3 Å². The van der Waals surface area contributed by atoms with Crippen LogP contribution in [0.1, 0.15) is 8.22 Å². The van der Waals surface area contributed by atoms with Crippen molar-refractivity contribution < 1.29 is 8.22 Å². The molecule has 12 rings (SSSR count). The lowest BCUT2D eigenvalue weighted by molar-refractivity contribution is 1.07. The summed E-state index contributed by atoms with van der Waals surface area (Å²) >= 11 is 1.22. The predicted molar refractivity (Wildman–Crippen MR) is 244 cm³/mol. The molecule has 0 aliphatic heterocycles. The normalized spacial score (nSPS) is 13.2. The van der Waals surface area contributed by atoms with E-state index in [1.54, 1.807) is 0 Å². The second kappa shape index (κ2) is 13.1. The van der Waals surface area contributed by atoms with Gasteiger partial charge in [0.15, 0.2) is 17.5 Å². The molecule has 0 radical (unpaired) electrons. The highest BCUT2D eigenvalue weighted by Gasteiger charge is 2.24. The third-order valence-corrected chi connectivity index (χ3v) is 12.1. The second-order valence-electron chi connectivity index (χ2n) is 14.3. The molecular weight excluding hydrogens is 725 g/mol. The molecule has 4 nitrogen and oxygen atoms in total. The van der Waals surface area contributed by atoms with Crippen molar-refractivity contribution in [3.05, 3.63) is 194 Å². The van der Waals surface area contributed by atoms with Gasteiger partial charge in [-0.3, -0.25) is 0 Å². The average Bonchev–Trinajstić information content (AvgIpc) is 3.89. The van der Waals surface area contributed by atoms with Gasteiger partial charge in [0.25, 0.3) is 0 Å². The topological polar surface area (TPSA) is 43.6 Å². The summed E-state index contributed by atoms with van der Waals surface area (Å²) in [6.45, 7) is 0. The van der Waals surface area contributed by atoms with Crippen LogP contribution in [0.3, 0.4) is 0 Å². The molecule has 0 amide bonds. The smallest absolute Gasteiger partial charge is 0.166 e. The van der Waals surface area contributed by atoms with Gasteiger partial charge in [-0.05, 0) is 57.9 Å². The Morgan fingerprint density at radius 2 is 0.983 bits per heavy atom. The molecule has 0 bridgehead atoms. The maximum absolute atomic E-state index is 9.64. The number of nitrogens with zero attached hydrogens (tertiary/aromatic N) is 4. The van der Waals surface area contributed by atoms with E-state index in [2.05, 4.69) is 77.4 Å². The Morgan fingerprint density at radius 1 is 0.414 bits per heavy atom. The largest absolute Gasteiger partial charge is 0.308 e. The van der Waals surface area contributed by atoms with E-state index in [0.29, 0.717) is 54.6 Å². The number of aromatic nitrogens is 4. The van der Waals surface area contributed by atoms with Crippen molar-refractivity contribution in [1.82, 2.24) is 19.5 Å². The van der Waals surface area contributed by atoms with Crippen LogP contribution in [0.15, 0.2) is 194 Å². The molecule has 0 aliphatic rings. The van der Waals surface area contributed by atoms with Crippen LogP contribution in [-0.2, 0) is 0 Å². The van der Waals surface area contributed by atoms with Gasteiger partial charge in [0.05, 0.1) is 24.9 Å². The minimum absolute atomic E-state index is 0.0598. The quantitative estimate of drug-likeness (QED) is 0.175. The lowest BCUT2D eigenvalue weighted by atomic mass is 9.97. The minimum atomic E-state index is -0.306. The molecule has 0 spiro atoms. The maximum Gasteiger partial charge on any atom is 0.166 e. The van der Waals surface area contributed by atoms with Gasteiger partial charge in [0.1, 0.15) is 0 Å². The van der Waals surface area contributed by atoms with Gasteiger partial charge < -0.3 is 4.57 Å². The van der Waals surface area contributed by atoms with Crippen molar-refractivity contribution >= 4 is 74.9 Å². The fourth-order valence-electron chi connectivity index (χ4n) is 8.30. The molecule has 270 valence electrons. The first kappa shape index (κ1) is 27.2. The predicted octanol–water partition coefficient (Wildman–Crippen LogP) is 14.3. The van der Waals surface area contributed by atoms with Crippen LogP contribution in [-0.4, -0.2) is 19.5 Å². The molecule has 12 aromatic rings. The lowest BCUT2D eigenvalue weighted by Crippen LogP contribution is -2.05. The van der Waals surface area contributed by atoms with Gasteiger partial charge >= 0.3 is 0 Å². The molecule has 9 aromatic carbocycles. The Bertz CT molecular complexity index is 3800. The first-order valence-corrected chi connectivity index (χ1v) is 19.8. The van der Waals surface area contributed by atoms with Gasteiger partial charge in [0.2, 0.25) is 0 Å². The number of hydrogen-bond donors (Lipinski definition) is 0. The first-order chi connectivity index (χ1) is 31.2. The number of fused-ring (bicyclic) bond motifs is 8. The second-order valence-corrected chi connectivity index (χ2v) is 15.3. The van der Waals surface area contributed by atoms with Gasteiger partial charge in [-0.15, -0.1) is 11.3 Å². The van der Waals surface area contributed by atoms with E-state index >= 15 is 0 Å². The van der Waals surface area contributed by atoms with Crippen LogP contribution in [0.25, 0.3) is 115 Å². The van der Waals surface area contributed by atoms with Crippen molar-refractivity contribution in [3.8, 4) is 51.0 Å². The minimum Gasteiger partial charge on any atom is -0.308 e. The average molecular weight is 763 g/mol. The zero-order valence-corrected chi connectivity index (χ0v) is 31.5. The van der Waals surface area contributed by atoms with Crippen molar-refractivity contribution in [1.29, 1.82) is 0 Å². The molecule has 0 atom stereocenters. The fourth-order valence-corrected chi connectivity index (χ4v) is 9.40. The Hall–Kier alpha value is -7.47. The van der Waals surface area contributed by atoms with E-state index in [4.69, 9.17) is 19.1 Å². The Morgan fingerprint density at radius 3 is 1.66 bits per heavy atom. The molecule has 5 heteroatoms. The van der Waals surface area contributed by atoms with E-state index in [0.717, 1.165) is 54.5 Å². The highest BCUT2D eigenvalue weighted by Crippen LogP contribution is 2.45. The zero-order valence-electron chi connectivity index (χ0n) is 36.7. The van der Waals surface area contributed by atoms with Gasteiger partial charge in [0, 0.05) is 58.8 Å². The van der Waals surface area contributed by atoms with E-state index in [9.17, 15) is 4.11 Å². The van der Waals surface area contributed by atoms with Crippen molar-refractivity contribution in [3.63, 3.8) is 0 Å². The summed E-state index contributed by atoms with van der Waals surface area (Å²) in [7, 11) is 0. The van der Waals surface area contributed by atoms with Crippen LogP contribution in [0.2, 0.25) is 0 Å². The van der Waals surface area contributed by atoms with Crippen LogP contribution in [0.5, 0.6) is 0 Å². The third-order valence-electron chi connectivity index (χ3n) is 11.0. The number of hydrogen-bond acceptors (Lipinski definition) is 4. The lowest BCUT2D eigenvalue weighted by Gasteiger charge is -2.19. The fraction of sp³-hybridized carbons (Fsp3) is 0. The molecule has 0 fully saturated rings.